The van der Waals surface area contributed by atoms with Gasteiger partial charge in [0, 0.05) is 17.8 Å². The molecule has 0 spiro atoms. The third kappa shape index (κ3) is 4.03. The number of methoxy groups -OCH3 is 1. The van der Waals surface area contributed by atoms with Gasteiger partial charge in [0.05, 0.1) is 18.3 Å². The van der Waals surface area contributed by atoms with Crippen molar-refractivity contribution in [2.24, 2.45) is 0 Å². The zero-order chi connectivity index (χ0) is 18.7. The SMILES string of the molecule is COCC(NC(=O)N1CC(=O)Nc2cc(C)cnc21)c1ccc(Br)cc1. The summed E-state index contributed by atoms with van der Waals surface area (Å²) in [6.07, 6.45) is 1.66. The molecule has 3 rings (SSSR count). The van der Waals surface area contributed by atoms with E-state index in [0.29, 0.717) is 18.1 Å². The number of hydrogen-bond donors (Lipinski definition) is 2. The van der Waals surface area contributed by atoms with Crippen molar-refractivity contribution in [2.75, 3.05) is 30.5 Å². The van der Waals surface area contributed by atoms with Crippen LogP contribution >= 0.6 is 15.9 Å². The Morgan fingerprint density at radius 3 is 2.85 bits per heavy atom. The lowest BCUT2D eigenvalue weighted by Crippen LogP contribution is -2.49. The summed E-state index contributed by atoms with van der Waals surface area (Å²) in [4.78, 5) is 30.5. The molecule has 136 valence electrons. The van der Waals surface area contributed by atoms with Gasteiger partial charge in [-0.05, 0) is 36.2 Å². The Kier molecular flexibility index (Phi) is 5.53. The second kappa shape index (κ2) is 7.84. The van der Waals surface area contributed by atoms with Gasteiger partial charge in [0.25, 0.3) is 0 Å². The van der Waals surface area contributed by atoms with Crippen LogP contribution in [0.3, 0.4) is 0 Å². The number of carbonyl (C=O) groups is 2. The van der Waals surface area contributed by atoms with Crippen LogP contribution in [-0.4, -0.2) is 37.2 Å². The molecule has 0 saturated heterocycles. The molecule has 3 amide bonds. The fourth-order valence-electron chi connectivity index (χ4n) is 2.76. The molecule has 1 aromatic heterocycles. The zero-order valence-electron chi connectivity index (χ0n) is 14.5. The lowest BCUT2D eigenvalue weighted by Gasteiger charge is -2.30. The quantitative estimate of drug-likeness (QED) is 0.798. The highest BCUT2D eigenvalue weighted by Gasteiger charge is 2.29. The largest absolute Gasteiger partial charge is 0.382 e. The number of aryl methyl sites for hydroxylation is 1. The number of halogens is 1. The Morgan fingerprint density at radius 2 is 2.15 bits per heavy atom. The van der Waals surface area contributed by atoms with E-state index in [2.05, 4.69) is 31.5 Å². The Labute approximate surface area is 159 Å². The van der Waals surface area contributed by atoms with Crippen LogP contribution in [0.1, 0.15) is 17.2 Å². The summed E-state index contributed by atoms with van der Waals surface area (Å²) < 4.78 is 6.19. The standard InChI is InChI=1S/C18H19BrN4O3/c1-11-7-14-17(20-8-11)23(9-16(24)21-14)18(25)22-15(10-26-2)12-3-5-13(19)6-4-12/h3-8,15H,9-10H2,1-2H3,(H,21,24)(H,22,25). The number of benzene rings is 1. The number of aromatic nitrogens is 1. The smallest absolute Gasteiger partial charge is 0.324 e. The normalized spacial score (nSPS) is 14.4. The molecule has 0 aliphatic carbocycles. The number of pyridine rings is 1. The fraction of sp³-hybridized carbons (Fsp3) is 0.278. The van der Waals surface area contributed by atoms with Crippen LogP contribution in [0.15, 0.2) is 41.0 Å². The molecule has 0 bridgehead atoms. The van der Waals surface area contributed by atoms with Crippen molar-refractivity contribution in [3.05, 3.63) is 52.1 Å². The molecule has 1 aliphatic heterocycles. The van der Waals surface area contributed by atoms with Gasteiger partial charge in [0.2, 0.25) is 5.91 Å². The van der Waals surface area contributed by atoms with E-state index in [1.54, 1.807) is 19.4 Å². The monoisotopic (exact) mass is 418 g/mol. The number of amides is 3. The maximum Gasteiger partial charge on any atom is 0.324 e. The first kappa shape index (κ1) is 18.3. The Morgan fingerprint density at radius 1 is 1.42 bits per heavy atom. The lowest BCUT2D eigenvalue weighted by atomic mass is 10.1. The van der Waals surface area contributed by atoms with Crippen molar-refractivity contribution >= 4 is 39.4 Å². The van der Waals surface area contributed by atoms with Gasteiger partial charge in [-0.2, -0.15) is 0 Å². The molecule has 8 heteroatoms. The molecule has 2 N–H and O–H groups in total. The van der Waals surface area contributed by atoms with Gasteiger partial charge in [-0.15, -0.1) is 0 Å². The van der Waals surface area contributed by atoms with Crippen LogP contribution in [0, 0.1) is 6.92 Å². The minimum Gasteiger partial charge on any atom is -0.382 e. The third-order valence-corrected chi connectivity index (χ3v) is 4.51. The van der Waals surface area contributed by atoms with Crippen molar-refractivity contribution in [1.82, 2.24) is 10.3 Å². The van der Waals surface area contributed by atoms with Crippen LogP contribution in [-0.2, 0) is 9.53 Å². The molecule has 7 nitrogen and oxygen atoms in total. The van der Waals surface area contributed by atoms with E-state index < -0.39 is 6.03 Å². The summed E-state index contributed by atoms with van der Waals surface area (Å²) in [5, 5.41) is 5.68. The van der Waals surface area contributed by atoms with E-state index >= 15 is 0 Å². The van der Waals surface area contributed by atoms with Gasteiger partial charge >= 0.3 is 6.03 Å². The number of urea groups is 1. The topological polar surface area (TPSA) is 83.6 Å². The predicted octanol–water partition coefficient (Wildman–Crippen LogP) is 3.01. The van der Waals surface area contributed by atoms with Gasteiger partial charge in [-0.1, -0.05) is 28.1 Å². The molecular formula is C18H19BrN4O3. The van der Waals surface area contributed by atoms with Gasteiger partial charge in [0.15, 0.2) is 5.82 Å². The minimum atomic E-state index is -0.401. The molecular weight excluding hydrogens is 400 g/mol. The molecule has 1 atom stereocenters. The van der Waals surface area contributed by atoms with E-state index in [9.17, 15) is 9.59 Å². The highest BCUT2D eigenvalue weighted by molar-refractivity contribution is 9.10. The van der Waals surface area contributed by atoms with E-state index in [0.717, 1.165) is 15.6 Å². The summed E-state index contributed by atoms with van der Waals surface area (Å²) in [6.45, 7) is 2.09. The number of hydrogen-bond acceptors (Lipinski definition) is 4. The van der Waals surface area contributed by atoms with Crippen molar-refractivity contribution in [1.29, 1.82) is 0 Å². The van der Waals surface area contributed by atoms with E-state index in [-0.39, 0.29) is 18.5 Å². The molecule has 1 unspecified atom stereocenters. The average Bonchev–Trinajstić information content (AvgIpc) is 2.61. The van der Waals surface area contributed by atoms with Crippen molar-refractivity contribution < 1.29 is 14.3 Å². The number of nitrogens with zero attached hydrogens (tertiary/aromatic N) is 2. The van der Waals surface area contributed by atoms with Crippen molar-refractivity contribution in [2.45, 2.75) is 13.0 Å². The summed E-state index contributed by atoms with van der Waals surface area (Å²) in [5.74, 6) is 0.173. The molecule has 0 radical (unpaired) electrons. The van der Waals surface area contributed by atoms with Gasteiger partial charge < -0.3 is 15.4 Å². The fourth-order valence-corrected chi connectivity index (χ4v) is 3.02. The molecule has 2 heterocycles. The van der Waals surface area contributed by atoms with Crippen LogP contribution in [0.2, 0.25) is 0 Å². The summed E-state index contributed by atoms with van der Waals surface area (Å²) in [7, 11) is 1.58. The Hall–Kier alpha value is -2.45. The Bertz CT molecular complexity index is 826. The first-order valence-corrected chi connectivity index (χ1v) is 8.86. The van der Waals surface area contributed by atoms with Crippen LogP contribution < -0.4 is 15.5 Å². The second-order valence-corrected chi connectivity index (χ2v) is 6.94. The van der Waals surface area contributed by atoms with Crippen molar-refractivity contribution in [3.63, 3.8) is 0 Å². The lowest BCUT2D eigenvalue weighted by molar-refractivity contribution is -0.115. The summed E-state index contributed by atoms with van der Waals surface area (Å²) in [5.41, 5.74) is 2.34. The third-order valence-electron chi connectivity index (χ3n) is 3.98. The number of fused-ring (bicyclic) bond motifs is 1. The molecule has 26 heavy (non-hydrogen) atoms. The first-order valence-electron chi connectivity index (χ1n) is 8.07. The number of nitrogens with one attached hydrogen (secondary N) is 2. The molecule has 0 saturated carbocycles. The molecule has 0 fully saturated rings. The van der Waals surface area contributed by atoms with E-state index in [1.165, 1.54) is 4.90 Å². The van der Waals surface area contributed by atoms with E-state index in [1.807, 2.05) is 31.2 Å². The number of ether oxygens (including phenoxy) is 1. The summed E-state index contributed by atoms with van der Waals surface area (Å²) in [6, 6.07) is 8.66. The number of rotatable bonds is 4. The minimum absolute atomic E-state index is 0.0884. The van der Waals surface area contributed by atoms with Crippen LogP contribution in [0.4, 0.5) is 16.3 Å². The first-order chi connectivity index (χ1) is 12.5. The van der Waals surface area contributed by atoms with Crippen LogP contribution in [0.25, 0.3) is 0 Å². The zero-order valence-corrected chi connectivity index (χ0v) is 16.0. The molecule has 2 aromatic rings. The predicted molar refractivity (Wildman–Crippen MR) is 102 cm³/mol. The van der Waals surface area contributed by atoms with Gasteiger partial charge in [-0.25, -0.2) is 9.78 Å². The maximum atomic E-state index is 12.8. The van der Waals surface area contributed by atoms with Crippen molar-refractivity contribution in [3.8, 4) is 0 Å². The molecule has 1 aromatic carbocycles. The molecule has 1 aliphatic rings. The number of carbonyl (C=O) groups excluding carboxylic acids is 2. The number of anilines is 2. The van der Waals surface area contributed by atoms with Gasteiger partial charge in [0.1, 0.15) is 6.54 Å². The second-order valence-electron chi connectivity index (χ2n) is 6.03. The maximum absolute atomic E-state index is 12.8. The summed E-state index contributed by atoms with van der Waals surface area (Å²) >= 11 is 3.40. The highest BCUT2D eigenvalue weighted by atomic mass is 79.9. The highest BCUT2D eigenvalue weighted by Crippen LogP contribution is 2.28. The van der Waals surface area contributed by atoms with E-state index in [4.69, 9.17) is 4.74 Å². The van der Waals surface area contributed by atoms with Gasteiger partial charge in [-0.3, -0.25) is 9.69 Å². The van der Waals surface area contributed by atoms with Crippen LogP contribution in [0.5, 0.6) is 0 Å². The average molecular weight is 419 g/mol. The Balaban J connectivity index is 1.84.